The van der Waals surface area contributed by atoms with Gasteiger partial charge in [-0.25, -0.2) is 0 Å². The van der Waals surface area contributed by atoms with Crippen molar-refractivity contribution in [3.8, 4) is 0 Å². The Bertz CT molecular complexity index is 2980. The Labute approximate surface area is 346 Å². The topological polar surface area (TPSA) is 22.6 Å². The van der Waals surface area contributed by atoms with Crippen LogP contribution in [-0.4, -0.2) is 19.8 Å². The van der Waals surface area contributed by atoms with Crippen LogP contribution < -0.4 is 51.8 Å². The predicted octanol–water partition coefficient (Wildman–Crippen LogP) is 8.32. The molecule has 3 aliphatic heterocycles. The Hall–Kier alpha value is -7.41. The molecule has 0 fully saturated rings. The minimum absolute atomic E-state index is 0.0151. The van der Waals surface area contributed by atoms with E-state index in [1.807, 2.05) is 12.4 Å². The molecule has 0 bridgehead atoms. The van der Waals surface area contributed by atoms with Crippen LogP contribution in [0.3, 0.4) is 0 Å². The van der Waals surface area contributed by atoms with Crippen molar-refractivity contribution in [2.75, 3.05) is 14.7 Å². The Morgan fingerprint density at radius 1 is 0.373 bits per heavy atom. The standard InChI is InChI=1S/C53H37BN4Si/c1-5-20-38(21-6-1)56-46-32-16-17-33-47(46)57(39-22-7-2-8-23-39)52-48(56)36-50-51-53(52)58(40-24-19-35-55-37-40)45-31-15-13-29-43(45)54(51)44-30-14-18-34-49(44)59(50,41-25-9-3-10-26-41)42-27-11-4-12-28-42/h1-37H. The van der Waals surface area contributed by atoms with E-state index in [1.54, 1.807) is 0 Å². The average Bonchev–Trinajstić information content (AvgIpc) is 3.32. The van der Waals surface area contributed by atoms with Gasteiger partial charge < -0.3 is 14.7 Å². The summed E-state index contributed by atoms with van der Waals surface area (Å²) in [4.78, 5) is 12.3. The molecule has 6 heteroatoms. The lowest BCUT2D eigenvalue weighted by molar-refractivity contribution is 1.15. The Balaban J connectivity index is 1.35. The van der Waals surface area contributed by atoms with Crippen LogP contribution in [0.15, 0.2) is 225 Å². The molecule has 0 unspecified atom stereocenters. The fourth-order valence-corrected chi connectivity index (χ4v) is 15.6. The van der Waals surface area contributed by atoms with Gasteiger partial charge in [0.1, 0.15) is 0 Å². The van der Waals surface area contributed by atoms with Crippen LogP contribution in [0.1, 0.15) is 0 Å². The number of benzene rings is 8. The molecule has 0 N–H and O–H groups in total. The number of nitrogens with zero attached hydrogens (tertiary/aromatic N) is 4. The molecule has 0 saturated carbocycles. The lowest BCUT2D eigenvalue weighted by atomic mass is 9.34. The smallest absolute Gasteiger partial charge is 0.246 e. The summed E-state index contributed by atoms with van der Waals surface area (Å²) in [6.45, 7) is -0.0151. The molecule has 3 aliphatic rings. The van der Waals surface area contributed by atoms with Crippen LogP contribution in [0.5, 0.6) is 0 Å². The third-order valence-electron chi connectivity index (χ3n) is 12.5. The van der Waals surface area contributed by atoms with Crippen molar-refractivity contribution < 1.29 is 0 Å². The largest absolute Gasteiger partial charge is 0.308 e. The van der Waals surface area contributed by atoms with Gasteiger partial charge >= 0.3 is 0 Å². The van der Waals surface area contributed by atoms with E-state index in [-0.39, 0.29) is 6.71 Å². The van der Waals surface area contributed by atoms with Crippen molar-refractivity contribution in [1.29, 1.82) is 0 Å². The van der Waals surface area contributed by atoms with E-state index in [1.165, 1.54) is 48.5 Å². The van der Waals surface area contributed by atoms with E-state index in [0.717, 1.165) is 39.8 Å². The van der Waals surface area contributed by atoms with Gasteiger partial charge in [-0.1, -0.05) is 157 Å². The summed E-state index contributed by atoms with van der Waals surface area (Å²) in [5.41, 5.74) is 14.2. The van der Waals surface area contributed by atoms with E-state index < -0.39 is 8.07 Å². The number of anilines is 9. The molecular weight excluding hydrogens is 732 g/mol. The third-order valence-corrected chi connectivity index (χ3v) is 17.4. The van der Waals surface area contributed by atoms with Gasteiger partial charge in [-0.15, -0.1) is 0 Å². The molecule has 0 spiro atoms. The molecule has 0 atom stereocenters. The lowest BCUT2D eigenvalue weighted by Crippen LogP contribution is -2.87. The highest BCUT2D eigenvalue weighted by molar-refractivity contribution is 7.26. The number of rotatable bonds is 5. The molecule has 0 radical (unpaired) electrons. The summed E-state index contributed by atoms with van der Waals surface area (Å²) in [6.07, 6.45) is 3.90. The van der Waals surface area contributed by atoms with E-state index in [9.17, 15) is 0 Å². The molecule has 0 saturated heterocycles. The van der Waals surface area contributed by atoms with Gasteiger partial charge in [0.2, 0.25) is 6.71 Å². The quantitative estimate of drug-likeness (QED) is 0.165. The number of fused-ring (bicyclic) bond motifs is 7. The zero-order valence-corrected chi connectivity index (χ0v) is 33.2. The third kappa shape index (κ3) is 4.81. The molecule has 1 aromatic heterocycles. The monoisotopic (exact) mass is 768 g/mol. The van der Waals surface area contributed by atoms with Crippen LogP contribution in [0.25, 0.3) is 0 Å². The van der Waals surface area contributed by atoms with E-state index in [2.05, 4.69) is 227 Å². The van der Waals surface area contributed by atoms with Crippen molar-refractivity contribution in [2.24, 2.45) is 0 Å². The predicted molar refractivity (Wildman–Crippen MR) is 250 cm³/mol. The maximum atomic E-state index is 4.77. The molecular formula is C53H37BN4Si. The molecule has 0 aliphatic carbocycles. The number of aromatic nitrogens is 1. The van der Waals surface area contributed by atoms with Gasteiger partial charge in [0, 0.05) is 23.3 Å². The van der Waals surface area contributed by atoms with Gasteiger partial charge in [0.15, 0.2) is 8.07 Å². The molecule has 4 nitrogen and oxygen atoms in total. The minimum Gasteiger partial charge on any atom is -0.308 e. The maximum absolute atomic E-state index is 4.77. The van der Waals surface area contributed by atoms with Crippen LogP contribution in [-0.2, 0) is 0 Å². The summed E-state index contributed by atoms with van der Waals surface area (Å²) < 4.78 is 0. The average molecular weight is 769 g/mol. The zero-order valence-electron chi connectivity index (χ0n) is 32.2. The number of para-hydroxylation sites is 5. The zero-order chi connectivity index (χ0) is 38.9. The van der Waals surface area contributed by atoms with Gasteiger partial charge in [0.25, 0.3) is 0 Å². The summed E-state index contributed by atoms with van der Waals surface area (Å²) in [5.74, 6) is 0. The fraction of sp³-hybridized carbons (Fsp3) is 0. The summed E-state index contributed by atoms with van der Waals surface area (Å²) in [7, 11) is -3.05. The Morgan fingerprint density at radius 3 is 1.49 bits per heavy atom. The highest BCUT2D eigenvalue weighted by atomic mass is 28.3. The van der Waals surface area contributed by atoms with E-state index in [0.29, 0.717) is 0 Å². The second-order valence-electron chi connectivity index (χ2n) is 15.5. The second-order valence-corrected chi connectivity index (χ2v) is 19.2. The normalized spacial score (nSPS) is 14.1. The number of hydrogen-bond acceptors (Lipinski definition) is 4. The number of pyridine rings is 1. The molecule has 12 rings (SSSR count). The van der Waals surface area contributed by atoms with Gasteiger partial charge in [0.05, 0.1) is 40.3 Å². The molecule has 276 valence electrons. The minimum atomic E-state index is -3.05. The fourth-order valence-electron chi connectivity index (χ4n) is 10.4. The van der Waals surface area contributed by atoms with Gasteiger partial charge in [-0.2, -0.15) is 0 Å². The highest BCUT2D eigenvalue weighted by Gasteiger charge is 2.55. The summed E-state index contributed by atoms with van der Waals surface area (Å²) in [6, 6.07) is 78.8. The first-order valence-corrected chi connectivity index (χ1v) is 22.3. The SMILES string of the molecule is c1ccc(N2c3ccccc3N(c3ccccc3)c3c2cc2c4c3N(c3cccnc3)c3ccccc3B4c3ccccc3[Si]2(c2ccccc2)c2ccccc2)cc1. The van der Waals surface area contributed by atoms with Crippen molar-refractivity contribution in [1.82, 2.24) is 4.98 Å². The molecule has 59 heavy (non-hydrogen) atoms. The summed E-state index contributed by atoms with van der Waals surface area (Å²) in [5, 5.41) is 5.58. The maximum Gasteiger partial charge on any atom is 0.246 e. The van der Waals surface area contributed by atoms with Gasteiger partial charge in [-0.3, -0.25) is 4.98 Å². The van der Waals surface area contributed by atoms with E-state index >= 15 is 0 Å². The van der Waals surface area contributed by atoms with Crippen molar-refractivity contribution in [3.63, 3.8) is 0 Å². The molecule has 9 aromatic rings. The number of hydrogen-bond donors (Lipinski definition) is 0. The van der Waals surface area contributed by atoms with Crippen LogP contribution in [0.2, 0.25) is 0 Å². The summed E-state index contributed by atoms with van der Waals surface area (Å²) >= 11 is 0. The lowest BCUT2D eigenvalue weighted by Gasteiger charge is -2.51. The van der Waals surface area contributed by atoms with Crippen molar-refractivity contribution in [3.05, 3.63) is 225 Å². The van der Waals surface area contributed by atoms with Crippen LogP contribution in [0.4, 0.5) is 51.2 Å². The first-order valence-electron chi connectivity index (χ1n) is 20.3. The van der Waals surface area contributed by atoms with E-state index in [4.69, 9.17) is 4.98 Å². The molecule has 4 heterocycles. The Kier molecular flexibility index (Phi) is 7.62. The van der Waals surface area contributed by atoms with Crippen LogP contribution >= 0.6 is 0 Å². The highest BCUT2D eigenvalue weighted by Crippen LogP contribution is 2.58. The molecule has 0 amide bonds. The van der Waals surface area contributed by atoms with Crippen molar-refractivity contribution >= 4 is 103 Å². The van der Waals surface area contributed by atoms with Gasteiger partial charge in [-0.05, 0) is 92.3 Å². The Morgan fingerprint density at radius 2 is 0.864 bits per heavy atom. The van der Waals surface area contributed by atoms with Crippen molar-refractivity contribution in [2.45, 2.75) is 0 Å². The first kappa shape index (κ1) is 33.7. The second kappa shape index (κ2) is 13.3. The first-order chi connectivity index (χ1) is 29.3. The molecule has 8 aromatic carbocycles. The van der Waals surface area contributed by atoms with Crippen LogP contribution in [0, 0.1) is 0 Å².